The van der Waals surface area contributed by atoms with Gasteiger partial charge in [0, 0.05) is 11.7 Å². The topological polar surface area (TPSA) is 111 Å². The largest absolute Gasteiger partial charge is 0.452 e. The highest BCUT2D eigenvalue weighted by Gasteiger charge is 2.19. The molecule has 32 heavy (non-hydrogen) atoms. The van der Waals surface area contributed by atoms with Crippen molar-refractivity contribution in [3.63, 3.8) is 0 Å². The molecule has 2 aromatic rings. The number of esters is 1. The molecule has 0 saturated heterocycles. The van der Waals surface area contributed by atoms with Crippen molar-refractivity contribution in [2.45, 2.75) is 50.8 Å². The second-order valence-corrected chi connectivity index (χ2v) is 8.83. The van der Waals surface area contributed by atoms with E-state index in [0.29, 0.717) is 11.3 Å². The highest BCUT2D eigenvalue weighted by Crippen LogP contribution is 2.17. The molecule has 8 nitrogen and oxygen atoms in total. The van der Waals surface area contributed by atoms with E-state index in [1.807, 2.05) is 0 Å². The monoisotopic (exact) mass is 470 g/mol. The fourth-order valence-electron chi connectivity index (χ4n) is 2.59. The number of alkyl halides is 2. The number of anilines is 1. The molecular weight excluding hydrogens is 446 g/mol. The summed E-state index contributed by atoms with van der Waals surface area (Å²) in [6, 6.07) is 10.7. The van der Waals surface area contributed by atoms with Crippen LogP contribution < -0.4 is 14.8 Å². The Hall–Kier alpha value is -3.05. The van der Waals surface area contributed by atoms with E-state index in [4.69, 9.17) is 4.74 Å². The Labute approximate surface area is 185 Å². The fraction of sp³-hybridized carbons (Fsp3) is 0.333. The van der Waals surface area contributed by atoms with Gasteiger partial charge in [0.25, 0.3) is 5.91 Å². The van der Waals surface area contributed by atoms with Gasteiger partial charge in [-0.2, -0.15) is 8.78 Å². The van der Waals surface area contributed by atoms with Crippen LogP contribution in [0.3, 0.4) is 0 Å². The number of rotatable bonds is 10. The van der Waals surface area contributed by atoms with Crippen molar-refractivity contribution in [2.75, 3.05) is 5.32 Å². The van der Waals surface area contributed by atoms with Crippen LogP contribution in [0.25, 0.3) is 0 Å². The first-order valence-electron chi connectivity index (χ1n) is 9.63. The van der Waals surface area contributed by atoms with Gasteiger partial charge in [0.05, 0.1) is 11.3 Å². The van der Waals surface area contributed by atoms with E-state index in [1.165, 1.54) is 55.5 Å². The van der Waals surface area contributed by atoms with Gasteiger partial charge in [-0.05, 0) is 62.7 Å². The van der Waals surface area contributed by atoms with Crippen molar-refractivity contribution in [2.24, 2.45) is 0 Å². The van der Waals surface area contributed by atoms with Gasteiger partial charge < -0.3 is 14.8 Å². The Balaban J connectivity index is 1.89. The minimum absolute atomic E-state index is 0.0383. The number of hydrogen-bond acceptors (Lipinski definition) is 6. The van der Waals surface area contributed by atoms with Crippen molar-refractivity contribution < 1.29 is 36.3 Å². The van der Waals surface area contributed by atoms with Crippen LogP contribution in [0.5, 0.6) is 5.75 Å². The molecule has 1 unspecified atom stereocenters. The molecule has 2 N–H and O–H groups in total. The number of ether oxygens (including phenoxy) is 2. The molecule has 0 aromatic heterocycles. The molecule has 0 aliphatic rings. The van der Waals surface area contributed by atoms with Crippen LogP contribution >= 0.6 is 0 Å². The molecule has 0 fully saturated rings. The number of nitrogens with one attached hydrogen (secondary N) is 2. The third kappa shape index (κ3) is 7.89. The van der Waals surface area contributed by atoms with Crippen molar-refractivity contribution in [3.8, 4) is 5.75 Å². The van der Waals surface area contributed by atoms with Gasteiger partial charge in [-0.1, -0.05) is 12.1 Å². The van der Waals surface area contributed by atoms with Gasteiger partial charge >= 0.3 is 12.6 Å². The van der Waals surface area contributed by atoms with Crippen molar-refractivity contribution >= 4 is 27.6 Å². The summed E-state index contributed by atoms with van der Waals surface area (Å²) < 4.78 is 60.4. The summed E-state index contributed by atoms with van der Waals surface area (Å²) in [5, 5.41) is 2.54. The van der Waals surface area contributed by atoms with Gasteiger partial charge in [-0.15, -0.1) is 0 Å². The van der Waals surface area contributed by atoms with Gasteiger partial charge in [0.15, 0.2) is 6.10 Å². The van der Waals surface area contributed by atoms with Crippen LogP contribution in [0.1, 0.15) is 26.3 Å². The Bertz CT molecular complexity index is 1030. The third-order valence-electron chi connectivity index (χ3n) is 4.00. The maximum atomic E-state index is 12.3. The smallest absolute Gasteiger partial charge is 0.387 e. The molecule has 2 aromatic carbocycles. The van der Waals surface area contributed by atoms with E-state index >= 15 is 0 Å². The van der Waals surface area contributed by atoms with Crippen molar-refractivity contribution in [1.82, 2.24) is 4.72 Å². The summed E-state index contributed by atoms with van der Waals surface area (Å²) >= 11 is 0. The summed E-state index contributed by atoms with van der Waals surface area (Å²) in [5.74, 6) is -1.32. The second-order valence-electron chi connectivity index (χ2n) is 7.12. The Morgan fingerprint density at radius 3 is 2.09 bits per heavy atom. The van der Waals surface area contributed by atoms with Crippen LogP contribution in [0.4, 0.5) is 14.5 Å². The molecule has 0 saturated carbocycles. The van der Waals surface area contributed by atoms with E-state index < -0.39 is 34.6 Å². The number of amides is 1. The molecule has 0 bridgehead atoms. The molecular formula is C21H24F2N2O6S. The number of benzene rings is 2. The average molecular weight is 470 g/mol. The number of carbonyl (C=O) groups excluding carboxylic acids is 2. The third-order valence-corrected chi connectivity index (χ3v) is 5.67. The molecule has 174 valence electrons. The summed E-state index contributed by atoms with van der Waals surface area (Å²) in [6.07, 6.45) is -1.28. The first-order chi connectivity index (χ1) is 15.0. The summed E-state index contributed by atoms with van der Waals surface area (Å²) in [6.45, 7) is 1.85. The number of hydrogen-bond donors (Lipinski definition) is 2. The Morgan fingerprint density at radius 2 is 1.56 bits per heavy atom. The zero-order valence-electron chi connectivity index (χ0n) is 17.7. The van der Waals surface area contributed by atoms with Gasteiger partial charge in [0.1, 0.15) is 5.75 Å². The lowest BCUT2D eigenvalue weighted by atomic mass is 10.1. The molecule has 0 aliphatic heterocycles. The van der Waals surface area contributed by atoms with Crippen molar-refractivity contribution in [3.05, 3.63) is 54.1 Å². The predicted octanol–water partition coefficient (Wildman–Crippen LogP) is 3.09. The van der Waals surface area contributed by atoms with Gasteiger partial charge in [-0.3, -0.25) is 9.59 Å². The lowest BCUT2D eigenvalue weighted by Gasteiger charge is -2.14. The Morgan fingerprint density at radius 1 is 0.969 bits per heavy atom. The average Bonchev–Trinajstić information content (AvgIpc) is 2.68. The molecule has 11 heteroatoms. The highest BCUT2D eigenvalue weighted by atomic mass is 32.2. The molecule has 1 amide bonds. The van der Waals surface area contributed by atoms with Gasteiger partial charge in [-0.25, -0.2) is 13.1 Å². The lowest BCUT2D eigenvalue weighted by molar-refractivity contribution is -0.152. The molecule has 0 radical (unpaired) electrons. The standard InChI is InChI=1S/C21H24F2N2O6S/c1-13(2)25-32(28,29)18-10-6-16(7-11-18)24-20(27)14(3)30-19(26)12-15-4-8-17(9-5-15)31-21(22)23/h4-11,13-14,21,25H,12H2,1-3H3,(H,24,27). The SMILES string of the molecule is CC(C)NS(=O)(=O)c1ccc(NC(=O)C(C)OC(=O)Cc2ccc(OC(F)F)cc2)cc1. The van der Waals surface area contributed by atoms with E-state index in [1.54, 1.807) is 13.8 Å². The summed E-state index contributed by atoms with van der Waals surface area (Å²) in [7, 11) is -3.65. The first-order valence-corrected chi connectivity index (χ1v) is 11.1. The maximum Gasteiger partial charge on any atom is 0.387 e. The molecule has 0 heterocycles. The van der Waals surface area contributed by atoms with Crippen LogP contribution in [-0.2, 0) is 30.8 Å². The Kier molecular flexibility index (Phi) is 8.67. The van der Waals surface area contributed by atoms with E-state index in [-0.39, 0.29) is 23.1 Å². The molecule has 2 rings (SSSR count). The van der Waals surface area contributed by atoms with Crippen LogP contribution in [0.2, 0.25) is 0 Å². The quantitative estimate of drug-likeness (QED) is 0.517. The number of sulfonamides is 1. The van der Waals surface area contributed by atoms with E-state index in [2.05, 4.69) is 14.8 Å². The summed E-state index contributed by atoms with van der Waals surface area (Å²) in [4.78, 5) is 24.4. The zero-order valence-corrected chi connectivity index (χ0v) is 18.5. The van der Waals surface area contributed by atoms with Crippen LogP contribution in [0, 0.1) is 0 Å². The summed E-state index contributed by atoms with van der Waals surface area (Å²) in [5.41, 5.74) is 0.826. The minimum Gasteiger partial charge on any atom is -0.452 e. The van der Waals surface area contributed by atoms with E-state index in [9.17, 15) is 26.8 Å². The number of carbonyl (C=O) groups is 2. The van der Waals surface area contributed by atoms with Crippen molar-refractivity contribution in [1.29, 1.82) is 0 Å². The fourth-order valence-corrected chi connectivity index (χ4v) is 3.84. The molecule has 0 spiro atoms. The van der Waals surface area contributed by atoms with Gasteiger partial charge in [0.2, 0.25) is 10.0 Å². The predicted molar refractivity (Wildman–Crippen MR) is 113 cm³/mol. The first kappa shape index (κ1) is 25.2. The molecule has 0 aliphatic carbocycles. The van der Waals surface area contributed by atoms with Crippen LogP contribution in [0.15, 0.2) is 53.4 Å². The maximum absolute atomic E-state index is 12.3. The lowest BCUT2D eigenvalue weighted by Crippen LogP contribution is -2.31. The molecule has 1 atom stereocenters. The minimum atomic E-state index is -3.65. The van der Waals surface area contributed by atoms with Crippen LogP contribution in [-0.4, -0.2) is 39.1 Å². The number of halogens is 2. The highest BCUT2D eigenvalue weighted by molar-refractivity contribution is 7.89. The van der Waals surface area contributed by atoms with E-state index in [0.717, 1.165) is 0 Å². The zero-order chi connectivity index (χ0) is 23.9. The second kappa shape index (κ2) is 11.0. The normalized spacial score (nSPS) is 12.5.